The van der Waals surface area contributed by atoms with Gasteiger partial charge in [-0.3, -0.25) is 0 Å². The lowest BCUT2D eigenvalue weighted by atomic mass is 9.85. The van der Waals surface area contributed by atoms with Gasteiger partial charge in [0.15, 0.2) is 0 Å². The first-order valence-electron chi connectivity index (χ1n) is 6.47. The molecule has 0 saturated heterocycles. The Morgan fingerprint density at radius 3 is 2.83 bits per heavy atom. The number of aromatic nitrogens is 1. The molecular weight excluding hydrogens is 226 g/mol. The number of rotatable bonds is 3. The van der Waals surface area contributed by atoms with E-state index < -0.39 is 5.60 Å². The van der Waals surface area contributed by atoms with E-state index in [1.54, 1.807) is 6.20 Å². The molecule has 2 rings (SSSR count). The highest BCUT2D eigenvalue weighted by atomic mass is 16.3. The molecule has 96 valence electrons. The number of nitrogens with zero attached hydrogens (tertiary/aromatic N) is 2. The average molecular weight is 245 g/mol. The quantitative estimate of drug-likeness (QED) is 0.857. The van der Waals surface area contributed by atoms with Crippen LogP contribution in [0.5, 0.6) is 0 Å². The van der Waals surface area contributed by atoms with Crippen LogP contribution >= 0.6 is 0 Å². The molecule has 0 spiro atoms. The summed E-state index contributed by atoms with van der Waals surface area (Å²) in [5.41, 5.74) is 0.832. The van der Waals surface area contributed by atoms with E-state index in [-0.39, 0.29) is 0 Å². The van der Waals surface area contributed by atoms with Gasteiger partial charge in [-0.25, -0.2) is 4.98 Å². The van der Waals surface area contributed by atoms with Crippen LogP contribution in [-0.2, 0) is 0 Å². The molecule has 0 aliphatic heterocycles. The Hall–Kier alpha value is -1.60. The highest BCUT2D eigenvalue weighted by molar-refractivity contribution is 5.55. The van der Waals surface area contributed by atoms with Gasteiger partial charge in [-0.2, -0.15) is 5.26 Å². The first kappa shape index (κ1) is 12.8. The predicted molar refractivity (Wildman–Crippen MR) is 70.2 cm³/mol. The molecule has 0 amide bonds. The van der Waals surface area contributed by atoms with Crippen LogP contribution in [0, 0.1) is 18.3 Å². The topological polar surface area (TPSA) is 68.9 Å². The number of nitrogens with one attached hydrogen (secondary N) is 1. The first-order valence-corrected chi connectivity index (χ1v) is 6.47. The Kier molecular flexibility index (Phi) is 3.83. The highest BCUT2D eigenvalue weighted by Crippen LogP contribution is 2.28. The lowest BCUT2D eigenvalue weighted by Crippen LogP contribution is -2.39. The normalized spacial score (nSPS) is 18.1. The van der Waals surface area contributed by atoms with Crippen molar-refractivity contribution in [3.8, 4) is 6.07 Å². The van der Waals surface area contributed by atoms with Crippen molar-refractivity contribution in [2.75, 3.05) is 11.9 Å². The van der Waals surface area contributed by atoms with Crippen LogP contribution in [0.2, 0.25) is 0 Å². The fourth-order valence-corrected chi connectivity index (χ4v) is 2.47. The number of hydrogen-bond donors (Lipinski definition) is 2. The molecule has 1 aromatic rings. The van der Waals surface area contributed by atoms with Crippen molar-refractivity contribution in [3.05, 3.63) is 23.4 Å². The van der Waals surface area contributed by atoms with Gasteiger partial charge in [0.05, 0.1) is 11.2 Å². The minimum atomic E-state index is -0.642. The summed E-state index contributed by atoms with van der Waals surface area (Å²) in [6, 6.07) is 3.98. The molecule has 4 heteroatoms. The molecule has 2 N–H and O–H groups in total. The largest absolute Gasteiger partial charge is 0.388 e. The van der Waals surface area contributed by atoms with Gasteiger partial charge in [-0.05, 0) is 31.4 Å². The van der Waals surface area contributed by atoms with Crippen LogP contribution in [0.15, 0.2) is 12.3 Å². The Morgan fingerprint density at radius 2 is 2.17 bits per heavy atom. The molecule has 0 atom stereocenters. The Bertz CT molecular complexity index is 459. The summed E-state index contributed by atoms with van der Waals surface area (Å²) in [6.45, 7) is 2.36. The zero-order chi connectivity index (χ0) is 13.0. The van der Waals surface area contributed by atoms with Crippen LogP contribution < -0.4 is 5.32 Å². The van der Waals surface area contributed by atoms with Crippen LogP contribution in [0.3, 0.4) is 0 Å². The molecule has 1 aliphatic rings. The Morgan fingerprint density at radius 1 is 1.44 bits per heavy atom. The van der Waals surface area contributed by atoms with Crippen molar-refractivity contribution in [1.82, 2.24) is 4.98 Å². The van der Waals surface area contributed by atoms with Crippen molar-refractivity contribution in [3.63, 3.8) is 0 Å². The van der Waals surface area contributed by atoms with Crippen molar-refractivity contribution in [2.45, 2.75) is 44.6 Å². The van der Waals surface area contributed by atoms with E-state index in [4.69, 9.17) is 5.26 Å². The van der Waals surface area contributed by atoms with E-state index in [9.17, 15) is 5.11 Å². The van der Waals surface area contributed by atoms with Gasteiger partial charge < -0.3 is 10.4 Å². The van der Waals surface area contributed by atoms with E-state index >= 15 is 0 Å². The summed E-state index contributed by atoms with van der Waals surface area (Å²) >= 11 is 0. The van der Waals surface area contributed by atoms with Crippen LogP contribution in [0.4, 0.5) is 5.82 Å². The average Bonchev–Trinajstić information content (AvgIpc) is 2.37. The second-order valence-corrected chi connectivity index (χ2v) is 5.10. The first-order chi connectivity index (χ1) is 8.64. The molecule has 18 heavy (non-hydrogen) atoms. The third kappa shape index (κ3) is 2.80. The SMILES string of the molecule is Cc1ccnc(NCC2(O)CCCCC2)c1C#N. The number of nitriles is 1. The van der Waals surface area contributed by atoms with Crippen molar-refractivity contribution < 1.29 is 5.11 Å². The number of aryl methyl sites for hydroxylation is 1. The van der Waals surface area contributed by atoms with Gasteiger partial charge in [-0.1, -0.05) is 19.3 Å². The van der Waals surface area contributed by atoms with Crippen LogP contribution in [0.1, 0.15) is 43.2 Å². The lowest BCUT2D eigenvalue weighted by Gasteiger charge is -2.32. The van der Waals surface area contributed by atoms with Gasteiger partial charge in [-0.15, -0.1) is 0 Å². The molecule has 0 radical (unpaired) electrons. The van der Waals surface area contributed by atoms with Gasteiger partial charge in [0.1, 0.15) is 11.9 Å². The Balaban J connectivity index is 2.06. The predicted octanol–water partition coefficient (Wildman–Crippen LogP) is 2.37. The summed E-state index contributed by atoms with van der Waals surface area (Å²) in [7, 11) is 0. The molecule has 0 unspecified atom stereocenters. The zero-order valence-corrected chi connectivity index (χ0v) is 10.7. The minimum absolute atomic E-state index is 0.470. The maximum Gasteiger partial charge on any atom is 0.144 e. The summed E-state index contributed by atoms with van der Waals surface area (Å²) in [4.78, 5) is 4.18. The molecule has 0 aromatic carbocycles. The second kappa shape index (κ2) is 5.36. The maximum absolute atomic E-state index is 10.4. The standard InChI is InChI=1S/C14H19N3O/c1-11-5-8-16-13(12(11)9-15)17-10-14(18)6-3-2-4-7-14/h5,8,18H,2-4,6-7,10H2,1H3,(H,16,17). The van der Waals surface area contributed by atoms with Gasteiger partial charge in [0, 0.05) is 12.7 Å². The van der Waals surface area contributed by atoms with Crippen molar-refractivity contribution in [1.29, 1.82) is 5.26 Å². The van der Waals surface area contributed by atoms with E-state index in [2.05, 4.69) is 16.4 Å². The monoisotopic (exact) mass is 245 g/mol. The van der Waals surface area contributed by atoms with E-state index in [1.165, 1.54) is 6.42 Å². The van der Waals surface area contributed by atoms with Gasteiger partial charge in [0.2, 0.25) is 0 Å². The molecule has 0 bridgehead atoms. The molecule has 4 nitrogen and oxygen atoms in total. The van der Waals surface area contributed by atoms with Gasteiger partial charge in [0.25, 0.3) is 0 Å². The summed E-state index contributed by atoms with van der Waals surface area (Å²) in [5.74, 6) is 0.580. The third-order valence-electron chi connectivity index (χ3n) is 3.64. The fraction of sp³-hybridized carbons (Fsp3) is 0.571. The number of pyridine rings is 1. The summed E-state index contributed by atoms with van der Waals surface area (Å²) in [5, 5.41) is 22.6. The highest BCUT2D eigenvalue weighted by Gasteiger charge is 2.29. The van der Waals surface area contributed by atoms with E-state index in [0.29, 0.717) is 17.9 Å². The van der Waals surface area contributed by atoms with Crippen LogP contribution in [-0.4, -0.2) is 22.2 Å². The minimum Gasteiger partial charge on any atom is -0.388 e. The Labute approximate surface area is 108 Å². The fourth-order valence-electron chi connectivity index (χ4n) is 2.47. The molecule has 1 aliphatic carbocycles. The molecular formula is C14H19N3O. The third-order valence-corrected chi connectivity index (χ3v) is 3.64. The second-order valence-electron chi connectivity index (χ2n) is 5.10. The number of hydrogen-bond acceptors (Lipinski definition) is 4. The van der Waals surface area contributed by atoms with Crippen molar-refractivity contribution >= 4 is 5.82 Å². The number of aliphatic hydroxyl groups is 1. The smallest absolute Gasteiger partial charge is 0.144 e. The van der Waals surface area contributed by atoms with Crippen LogP contribution in [0.25, 0.3) is 0 Å². The van der Waals surface area contributed by atoms with E-state index in [0.717, 1.165) is 31.2 Å². The zero-order valence-electron chi connectivity index (χ0n) is 10.7. The molecule has 1 heterocycles. The van der Waals surface area contributed by atoms with Gasteiger partial charge >= 0.3 is 0 Å². The van der Waals surface area contributed by atoms with Crippen molar-refractivity contribution in [2.24, 2.45) is 0 Å². The molecule has 1 fully saturated rings. The van der Waals surface area contributed by atoms with E-state index in [1.807, 2.05) is 13.0 Å². The molecule has 1 aromatic heterocycles. The maximum atomic E-state index is 10.4. The lowest BCUT2D eigenvalue weighted by molar-refractivity contribution is 0.0166. The molecule has 1 saturated carbocycles. The number of anilines is 1. The summed E-state index contributed by atoms with van der Waals surface area (Å²) in [6.07, 6.45) is 6.69. The summed E-state index contributed by atoms with van der Waals surface area (Å²) < 4.78 is 0.